The van der Waals surface area contributed by atoms with Crippen LogP contribution >= 0.6 is 15.9 Å². The van der Waals surface area contributed by atoms with Crippen LogP contribution in [0.25, 0.3) is 10.9 Å². The molecule has 0 spiro atoms. The fourth-order valence-corrected chi connectivity index (χ4v) is 2.80. The summed E-state index contributed by atoms with van der Waals surface area (Å²) in [6.45, 7) is 0.393. The number of fused-ring (bicyclic) bond motifs is 1. The van der Waals surface area contributed by atoms with E-state index in [1.54, 1.807) is 16.8 Å². The second kappa shape index (κ2) is 4.79. The molecule has 0 radical (unpaired) electrons. The lowest BCUT2D eigenvalue weighted by Gasteiger charge is -2.06. The van der Waals surface area contributed by atoms with Crippen LogP contribution in [0.3, 0.4) is 0 Å². The predicted octanol–water partition coefficient (Wildman–Crippen LogP) is 2.13. The fourth-order valence-electron chi connectivity index (χ4n) is 2.31. The third kappa shape index (κ3) is 2.12. The molecule has 0 aliphatic rings. The summed E-state index contributed by atoms with van der Waals surface area (Å²) in [5.74, 6) is 0. The van der Waals surface area contributed by atoms with Crippen molar-refractivity contribution < 1.29 is 0 Å². The summed E-state index contributed by atoms with van der Waals surface area (Å²) in [4.78, 5) is 12.1. The third-order valence-corrected chi connectivity index (χ3v) is 3.79. The Morgan fingerprint density at radius 2 is 2.10 bits per heavy atom. The lowest BCUT2D eigenvalue weighted by molar-refractivity contribution is 0.700. The van der Waals surface area contributed by atoms with Crippen molar-refractivity contribution in [3.05, 3.63) is 57.0 Å². The number of pyridine rings is 1. The van der Waals surface area contributed by atoms with Crippen molar-refractivity contribution in [2.24, 2.45) is 7.05 Å². The summed E-state index contributed by atoms with van der Waals surface area (Å²) in [5.41, 5.74) is 8.10. The van der Waals surface area contributed by atoms with Crippen LogP contribution in [0.2, 0.25) is 0 Å². The van der Waals surface area contributed by atoms with Crippen molar-refractivity contribution in [1.82, 2.24) is 14.3 Å². The molecular formula is C14H13BrN4O. The Labute approximate surface area is 123 Å². The van der Waals surface area contributed by atoms with Crippen LogP contribution in [-0.4, -0.2) is 14.3 Å². The molecule has 0 amide bonds. The number of anilines is 1. The zero-order valence-electron chi connectivity index (χ0n) is 10.9. The summed E-state index contributed by atoms with van der Waals surface area (Å²) in [6, 6.07) is 9.55. The summed E-state index contributed by atoms with van der Waals surface area (Å²) in [6.07, 6.45) is 1.64. The van der Waals surface area contributed by atoms with E-state index < -0.39 is 0 Å². The standard InChI is InChI=1S/C14H13BrN4O/c1-18-13-5-3-2-4-10(13)12(17-18)8-19-7-9(16)6-11(15)14(19)20/h2-7H,8,16H2,1H3. The quantitative estimate of drug-likeness (QED) is 0.781. The Bertz CT molecular complexity index is 850. The molecule has 1 aromatic carbocycles. The van der Waals surface area contributed by atoms with Gasteiger partial charge in [0.1, 0.15) is 0 Å². The Morgan fingerprint density at radius 3 is 2.90 bits per heavy atom. The number of rotatable bonds is 2. The maximum Gasteiger partial charge on any atom is 0.265 e. The molecule has 0 aliphatic carbocycles. The van der Waals surface area contributed by atoms with E-state index in [4.69, 9.17) is 5.73 Å². The number of aromatic nitrogens is 3. The van der Waals surface area contributed by atoms with Crippen LogP contribution in [0.15, 0.2) is 45.8 Å². The SMILES string of the molecule is Cn1nc(Cn2cc(N)cc(Br)c2=O)c2ccccc21. The molecular weight excluding hydrogens is 320 g/mol. The number of hydrogen-bond donors (Lipinski definition) is 1. The maximum absolute atomic E-state index is 12.1. The number of nitrogens with zero attached hydrogens (tertiary/aromatic N) is 3. The summed E-state index contributed by atoms with van der Waals surface area (Å²) in [5, 5.41) is 5.53. The maximum atomic E-state index is 12.1. The first-order chi connectivity index (χ1) is 9.56. The van der Waals surface area contributed by atoms with E-state index in [9.17, 15) is 4.79 Å². The zero-order chi connectivity index (χ0) is 14.3. The molecule has 3 rings (SSSR count). The van der Waals surface area contributed by atoms with Crippen LogP contribution in [0.5, 0.6) is 0 Å². The minimum Gasteiger partial charge on any atom is -0.398 e. The lowest BCUT2D eigenvalue weighted by Crippen LogP contribution is -2.21. The first kappa shape index (κ1) is 12.9. The Hall–Kier alpha value is -2.08. The van der Waals surface area contributed by atoms with E-state index in [1.807, 2.05) is 36.0 Å². The van der Waals surface area contributed by atoms with E-state index >= 15 is 0 Å². The van der Waals surface area contributed by atoms with Crippen molar-refractivity contribution in [3.8, 4) is 0 Å². The van der Waals surface area contributed by atoms with Gasteiger partial charge in [-0.05, 0) is 28.1 Å². The molecule has 0 atom stereocenters. The number of halogens is 1. The number of benzene rings is 1. The topological polar surface area (TPSA) is 65.8 Å². The molecule has 6 heteroatoms. The van der Waals surface area contributed by atoms with E-state index in [-0.39, 0.29) is 5.56 Å². The largest absolute Gasteiger partial charge is 0.398 e. The van der Waals surface area contributed by atoms with Crippen molar-refractivity contribution in [2.45, 2.75) is 6.54 Å². The van der Waals surface area contributed by atoms with Crippen molar-refractivity contribution >= 4 is 32.5 Å². The Morgan fingerprint density at radius 1 is 1.35 bits per heavy atom. The minimum absolute atomic E-state index is 0.117. The average molecular weight is 333 g/mol. The molecule has 0 aliphatic heterocycles. The van der Waals surface area contributed by atoms with Gasteiger partial charge in [-0.25, -0.2) is 0 Å². The van der Waals surface area contributed by atoms with E-state index in [1.165, 1.54) is 0 Å². The molecule has 2 heterocycles. The van der Waals surface area contributed by atoms with Crippen molar-refractivity contribution in [2.75, 3.05) is 5.73 Å². The van der Waals surface area contributed by atoms with Gasteiger partial charge in [-0.1, -0.05) is 18.2 Å². The monoisotopic (exact) mass is 332 g/mol. The molecule has 0 fully saturated rings. The average Bonchev–Trinajstić information content (AvgIpc) is 2.73. The number of nitrogens with two attached hydrogens (primary N) is 1. The van der Waals surface area contributed by atoms with Crippen LogP contribution in [0, 0.1) is 0 Å². The van der Waals surface area contributed by atoms with Gasteiger partial charge in [-0.2, -0.15) is 5.10 Å². The normalized spacial score (nSPS) is 11.1. The highest BCUT2D eigenvalue weighted by Crippen LogP contribution is 2.18. The smallest absolute Gasteiger partial charge is 0.265 e. The lowest BCUT2D eigenvalue weighted by atomic mass is 10.2. The first-order valence-electron chi connectivity index (χ1n) is 6.12. The van der Waals surface area contributed by atoms with Gasteiger partial charge in [0.25, 0.3) is 5.56 Å². The molecule has 0 saturated heterocycles. The second-order valence-electron chi connectivity index (χ2n) is 4.64. The summed E-state index contributed by atoms with van der Waals surface area (Å²) < 4.78 is 3.84. The fraction of sp³-hybridized carbons (Fsp3) is 0.143. The highest BCUT2D eigenvalue weighted by molar-refractivity contribution is 9.10. The molecule has 0 bridgehead atoms. The van der Waals surface area contributed by atoms with Crippen LogP contribution in [0.1, 0.15) is 5.69 Å². The van der Waals surface area contributed by atoms with Gasteiger partial charge in [0.2, 0.25) is 0 Å². The number of hydrogen-bond acceptors (Lipinski definition) is 3. The second-order valence-corrected chi connectivity index (χ2v) is 5.50. The molecule has 2 aromatic heterocycles. The molecule has 5 nitrogen and oxygen atoms in total. The highest BCUT2D eigenvalue weighted by Gasteiger charge is 2.10. The van der Waals surface area contributed by atoms with E-state index in [0.29, 0.717) is 16.7 Å². The van der Waals surface area contributed by atoms with Crippen LogP contribution in [0.4, 0.5) is 5.69 Å². The van der Waals surface area contributed by atoms with Gasteiger partial charge < -0.3 is 10.3 Å². The van der Waals surface area contributed by atoms with Crippen LogP contribution in [-0.2, 0) is 13.6 Å². The summed E-state index contributed by atoms with van der Waals surface area (Å²) >= 11 is 3.23. The number of nitrogen functional groups attached to an aromatic ring is 1. The predicted molar refractivity (Wildman–Crippen MR) is 82.6 cm³/mol. The van der Waals surface area contributed by atoms with Gasteiger partial charge in [0, 0.05) is 24.3 Å². The first-order valence-corrected chi connectivity index (χ1v) is 6.91. The molecule has 3 aromatic rings. The zero-order valence-corrected chi connectivity index (χ0v) is 12.5. The number of aryl methyl sites for hydroxylation is 1. The van der Waals surface area contributed by atoms with Gasteiger partial charge in [0.05, 0.1) is 22.2 Å². The third-order valence-electron chi connectivity index (χ3n) is 3.22. The van der Waals surface area contributed by atoms with Gasteiger partial charge in [0.15, 0.2) is 0 Å². The van der Waals surface area contributed by atoms with Crippen LogP contribution < -0.4 is 11.3 Å². The van der Waals surface area contributed by atoms with Crippen molar-refractivity contribution in [3.63, 3.8) is 0 Å². The summed E-state index contributed by atoms with van der Waals surface area (Å²) in [7, 11) is 1.89. The van der Waals surface area contributed by atoms with Crippen molar-refractivity contribution in [1.29, 1.82) is 0 Å². The molecule has 102 valence electrons. The molecule has 20 heavy (non-hydrogen) atoms. The Balaban J connectivity index is 2.13. The number of para-hydroxylation sites is 1. The van der Waals surface area contributed by atoms with Gasteiger partial charge in [-0.3, -0.25) is 9.48 Å². The van der Waals surface area contributed by atoms with Gasteiger partial charge in [-0.15, -0.1) is 0 Å². The van der Waals surface area contributed by atoms with E-state index in [0.717, 1.165) is 16.6 Å². The molecule has 0 unspecified atom stereocenters. The Kier molecular flexibility index (Phi) is 3.10. The molecule has 2 N–H and O–H groups in total. The minimum atomic E-state index is -0.117. The van der Waals surface area contributed by atoms with E-state index in [2.05, 4.69) is 21.0 Å². The highest BCUT2D eigenvalue weighted by atomic mass is 79.9. The van der Waals surface area contributed by atoms with Gasteiger partial charge >= 0.3 is 0 Å². The molecule has 0 saturated carbocycles.